The molecule has 0 saturated carbocycles. The summed E-state index contributed by atoms with van der Waals surface area (Å²) in [4.78, 5) is 18.5. The van der Waals surface area contributed by atoms with E-state index in [0.29, 0.717) is 22.0 Å². The van der Waals surface area contributed by atoms with E-state index in [4.69, 9.17) is 0 Å². The minimum atomic E-state index is -0.926. The van der Waals surface area contributed by atoms with Crippen LogP contribution in [-0.2, 0) is 0 Å². The molecule has 118 valence electrons. The molecular formula is C16H12F2N2OS2. The molecule has 0 saturated heterocycles. The Morgan fingerprint density at radius 1 is 1.17 bits per heavy atom. The summed E-state index contributed by atoms with van der Waals surface area (Å²) >= 11 is 2.79. The van der Waals surface area contributed by atoms with Crippen molar-refractivity contribution in [3.05, 3.63) is 56.6 Å². The third-order valence-corrected chi connectivity index (χ3v) is 4.95. The number of halogens is 2. The third kappa shape index (κ3) is 3.30. The topological polar surface area (TPSA) is 42.0 Å². The summed E-state index contributed by atoms with van der Waals surface area (Å²) in [6.07, 6.45) is 0. The van der Waals surface area contributed by atoms with Gasteiger partial charge in [-0.15, -0.1) is 22.7 Å². The molecule has 3 aromatic rings. The van der Waals surface area contributed by atoms with E-state index < -0.39 is 11.6 Å². The fourth-order valence-electron chi connectivity index (χ4n) is 2.14. The molecule has 0 spiro atoms. The predicted octanol–water partition coefficient (Wildman–Crippen LogP) is 5.02. The van der Waals surface area contributed by atoms with Gasteiger partial charge < -0.3 is 0 Å². The van der Waals surface area contributed by atoms with Gasteiger partial charge in [0.15, 0.2) is 16.8 Å². The Morgan fingerprint density at radius 2 is 1.96 bits per heavy atom. The average molecular weight is 350 g/mol. The minimum Gasteiger partial charge on any atom is -0.298 e. The lowest BCUT2D eigenvalue weighted by Crippen LogP contribution is -2.11. The number of anilines is 1. The van der Waals surface area contributed by atoms with Gasteiger partial charge in [-0.3, -0.25) is 10.1 Å². The molecule has 0 aliphatic heterocycles. The molecule has 0 unspecified atom stereocenters. The van der Waals surface area contributed by atoms with Crippen LogP contribution < -0.4 is 5.32 Å². The molecule has 2 aromatic heterocycles. The maximum atomic E-state index is 13.3. The van der Waals surface area contributed by atoms with Crippen molar-refractivity contribution in [2.24, 2.45) is 0 Å². The van der Waals surface area contributed by atoms with E-state index in [1.165, 1.54) is 17.4 Å². The molecule has 3 nitrogen and oxygen atoms in total. The molecule has 7 heteroatoms. The largest absolute Gasteiger partial charge is 0.298 e. The molecule has 0 bridgehead atoms. The fourth-order valence-corrected chi connectivity index (χ4v) is 3.78. The van der Waals surface area contributed by atoms with Crippen molar-refractivity contribution in [1.82, 2.24) is 4.98 Å². The number of nitrogens with one attached hydrogen (secondary N) is 1. The van der Waals surface area contributed by atoms with E-state index in [2.05, 4.69) is 10.3 Å². The zero-order chi connectivity index (χ0) is 16.6. The highest BCUT2D eigenvalue weighted by Gasteiger charge is 2.14. The molecule has 0 radical (unpaired) electrons. The van der Waals surface area contributed by atoms with Crippen LogP contribution in [0.15, 0.2) is 29.6 Å². The van der Waals surface area contributed by atoms with Crippen molar-refractivity contribution in [3.63, 3.8) is 0 Å². The number of aryl methyl sites for hydroxylation is 2. The second-order valence-corrected chi connectivity index (χ2v) is 7.27. The third-order valence-electron chi connectivity index (χ3n) is 3.23. The first-order chi connectivity index (χ1) is 10.9. The number of nitrogens with zero attached hydrogens (tertiary/aromatic N) is 1. The monoisotopic (exact) mass is 350 g/mol. The Balaban J connectivity index is 1.80. The van der Waals surface area contributed by atoms with Gasteiger partial charge in [0.1, 0.15) is 0 Å². The molecule has 0 fully saturated rings. The Labute approximate surface area is 139 Å². The normalized spacial score (nSPS) is 10.8. The number of hydrogen-bond donors (Lipinski definition) is 1. The van der Waals surface area contributed by atoms with Gasteiger partial charge in [0, 0.05) is 20.7 Å². The first-order valence-electron chi connectivity index (χ1n) is 6.73. The molecule has 1 amide bonds. The molecule has 0 aliphatic carbocycles. The molecule has 2 heterocycles. The lowest BCUT2D eigenvalue weighted by atomic mass is 10.2. The number of carbonyl (C=O) groups excluding carboxylic acids is 1. The number of benzene rings is 1. The van der Waals surface area contributed by atoms with E-state index in [1.54, 1.807) is 16.7 Å². The number of hydrogen-bond acceptors (Lipinski definition) is 4. The maximum absolute atomic E-state index is 13.3. The molecule has 0 atom stereocenters. The van der Waals surface area contributed by atoms with E-state index >= 15 is 0 Å². The van der Waals surface area contributed by atoms with Crippen LogP contribution in [0.4, 0.5) is 13.9 Å². The van der Waals surface area contributed by atoms with E-state index in [1.807, 2.05) is 19.9 Å². The average Bonchev–Trinajstić information content (AvgIpc) is 3.08. The van der Waals surface area contributed by atoms with Crippen LogP contribution in [0.25, 0.3) is 11.3 Å². The van der Waals surface area contributed by atoms with Gasteiger partial charge in [0.2, 0.25) is 0 Å². The number of amides is 1. The second-order valence-electron chi connectivity index (χ2n) is 4.95. The predicted molar refractivity (Wildman–Crippen MR) is 89.2 cm³/mol. The number of thiophene rings is 1. The molecule has 1 aromatic carbocycles. The zero-order valence-corrected chi connectivity index (χ0v) is 13.9. The quantitative estimate of drug-likeness (QED) is 0.721. The van der Waals surface area contributed by atoms with Gasteiger partial charge in [0.25, 0.3) is 5.91 Å². The number of rotatable bonds is 3. The van der Waals surface area contributed by atoms with Crippen molar-refractivity contribution in [3.8, 4) is 11.3 Å². The number of carbonyl (C=O) groups is 1. The van der Waals surface area contributed by atoms with E-state index in [-0.39, 0.29) is 5.91 Å². The summed E-state index contributed by atoms with van der Waals surface area (Å²) in [6, 6.07) is 5.42. The first-order valence-corrected chi connectivity index (χ1v) is 8.43. The van der Waals surface area contributed by atoms with Gasteiger partial charge in [0.05, 0.1) is 11.3 Å². The molecule has 23 heavy (non-hydrogen) atoms. The van der Waals surface area contributed by atoms with Crippen molar-refractivity contribution in [2.75, 3.05) is 5.32 Å². The number of thiazole rings is 1. The lowest BCUT2D eigenvalue weighted by Gasteiger charge is -2.01. The van der Waals surface area contributed by atoms with Crippen LogP contribution in [0.1, 0.15) is 20.1 Å². The van der Waals surface area contributed by atoms with Gasteiger partial charge >= 0.3 is 0 Å². The lowest BCUT2D eigenvalue weighted by molar-refractivity contribution is 0.102. The maximum Gasteiger partial charge on any atom is 0.258 e. The highest BCUT2D eigenvalue weighted by Crippen LogP contribution is 2.27. The summed E-state index contributed by atoms with van der Waals surface area (Å²) in [5, 5.41) is 4.84. The summed E-state index contributed by atoms with van der Waals surface area (Å²) in [6.45, 7) is 3.83. The van der Waals surface area contributed by atoms with Gasteiger partial charge in [-0.2, -0.15) is 0 Å². The Morgan fingerprint density at radius 3 is 2.61 bits per heavy atom. The van der Waals surface area contributed by atoms with Gasteiger partial charge in [-0.25, -0.2) is 13.8 Å². The Kier molecular flexibility index (Phi) is 4.23. The molecular weight excluding hydrogens is 338 g/mol. The highest BCUT2D eigenvalue weighted by atomic mass is 32.1. The Bertz CT molecular complexity index is 886. The van der Waals surface area contributed by atoms with Gasteiger partial charge in [-0.05, 0) is 38.1 Å². The minimum absolute atomic E-state index is 0.224. The van der Waals surface area contributed by atoms with Crippen molar-refractivity contribution in [1.29, 1.82) is 0 Å². The zero-order valence-electron chi connectivity index (χ0n) is 12.3. The Hall–Kier alpha value is -2.12. The van der Waals surface area contributed by atoms with E-state index in [0.717, 1.165) is 21.9 Å². The molecule has 0 aliphatic rings. The first kappa shape index (κ1) is 15.8. The SMILES string of the molecule is Cc1cc(C(=O)Nc2nc(-c3ccc(F)c(F)c3)cs2)c(C)s1. The molecule has 1 N–H and O–H groups in total. The van der Waals surface area contributed by atoms with Crippen LogP contribution in [0.2, 0.25) is 0 Å². The van der Waals surface area contributed by atoms with Crippen LogP contribution in [0.3, 0.4) is 0 Å². The summed E-state index contributed by atoms with van der Waals surface area (Å²) in [5.41, 5.74) is 1.57. The highest BCUT2D eigenvalue weighted by molar-refractivity contribution is 7.14. The summed E-state index contributed by atoms with van der Waals surface area (Å²) in [5.74, 6) is -2.05. The van der Waals surface area contributed by atoms with E-state index in [9.17, 15) is 13.6 Å². The van der Waals surface area contributed by atoms with Crippen LogP contribution in [0.5, 0.6) is 0 Å². The smallest absolute Gasteiger partial charge is 0.258 e. The van der Waals surface area contributed by atoms with Crippen LogP contribution in [0, 0.1) is 25.5 Å². The van der Waals surface area contributed by atoms with Crippen molar-refractivity contribution < 1.29 is 13.6 Å². The summed E-state index contributed by atoms with van der Waals surface area (Å²) in [7, 11) is 0. The van der Waals surface area contributed by atoms with Crippen LogP contribution in [-0.4, -0.2) is 10.9 Å². The molecule has 3 rings (SSSR count). The second kappa shape index (κ2) is 6.17. The number of aromatic nitrogens is 1. The van der Waals surface area contributed by atoms with Gasteiger partial charge in [-0.1, -0.05) is 0 Å². The fraction of sp³-hybridized carbons (Fsp3) is 0.125. The van der Waals surface area contributed by atoms with Crippen LogP contribution >= 0.6 is 22.7 Å². The van der Waals surface area contributed by atoms with Crippen molar-refractivity contribution in [2.45, 2.75) is 13.8 Å². The summed E-state index contributed by atoms with van der Waals surface area (Å²) < 4.78 is 26.3. The standard InChI is InChI=1S/C16H12F2N2OS2/c1-8-5-11(9(2)23-8)15(21)20-16-19-14(7-22-16)10-3-4-12(17)13(18)6-10/h3-7H,1-2H3,(H,19,20,21). The van der Waals surface area contributed by atoms with Crippen molar-refractivity contribution >= 4 is 33.7 Å².